The molecule has 0 radical (unpaired) electrons. The highest BCUT2D eigenvalue weighted by Crippen LogP contribution is 2.21. The molecule has 3 N–H and O–H groups in total. The lowest BCUT2D eigenvalue weighted by Crippen LogP contribution is -2.10. The Hall–Kier alpha value is -2.30. The molecule has 0 spiro atoms. The molecule has 1 aromatic carbocycles. The fourth-order valence-corrected chi connectivity index (χ4v) is 1.78. The summed E-state index contributed by atoms with van der Waals surface area (Å²) in [5.41, 5.74) is 6.45. The first-order chi connectivity index (χ1) is 9.10. The molecule has 1 aromatic heterocycles. The van der Waals surface area contributed by atoms with Gasteiger partial charge in [-0.05, 0) is 12.1 Å². The van der Waals surface area contributed by atoms with Crippen LogP contribution in [0.5, 0.6) is 5.88 Å². The maximum absolute atomic E-state index is 11.2. The fraction of sp³-hybridized carbons (Fsp3) is 0.286. The van der Waals surface area contributed by atoms with E-state index in [0.29, 0.717) is 30.9 Å². The highest BCUT2D eigenvalue weighted by molar-refractivity contribution is 5.97. The Labute approximate surface area is 110 Å². The second kappa shape index (κ2) is 5.56. The van der Waals surface area contributed by atoms with E-state index in [1.807, 2.05) is 13.0 Å². The number of fused-ring (bicyclic) bond motifs is 1. The molecule has 1 amide bonds. The first-order valence-electron chi connectivity index (χ1n) is 6.17. The Morgan fingerprint density at radius 3 is 2.79 bits per heavy atom. The predicted molar refractivity (Wildman–Crippen MR) is 72.2 cm³/mol. The third-order valence-electron chi connectivity index (χ3n) is 2.92. The van der Waals surface area contributed by atoms with Crippen LogP contribution >= 0.6 is 0 Å². The highest BCUT2D eigenvalue weighted by Gasteiger charge is 2.06. The lowest BCUT2D eigenvalue weighted by atomic mass is 10.1. The Kier molecular flexibility index (Phi) is 3.85. The van der Waals surface area contributed by atoms with Gasteiger partial charge in [-0.2, -0.15) is 0 Å². The molecule has 100 valence electrons. The van der Waals surface area contributed by atoms with Crippen LogP contribution in [0.1, 0.15) is 30.1 Å². The molecule has 0 saturated heterocycles. The molecule has 5 heteroatoms. The molecule has 0 bridgehead atoms. The van der Waals surface area contributed by atoms with Gasteiger partial charge in [-0.15, -0.1) is 0 Å². The summed E-state index contributed by atoms with van der Waals surface area (Å²) in [4.78, 5) is 25.3. The SMILES string of the molecule is CCC(=O)CCOc1cc2ccc(C(N)=O)cc2[nH]1. The quantitative estimate of drug-likeness (QED) is 0.833. The van der Waals surface area contributed by atoms with Crippen LogP contribution in [0.3, 0.4) is 0 Å². The summed E-state index contributed by atoms with van der Waals surface area (Å²) in [5.74, 6) is 0.292. The summed E-state index contributed by atoms with van der Waals surface area (Å²) >= 11 is 0. The number of hydrogen-bond donors (Lipinski definition) is 2. The van der Waals surface area contributed by atoms with Crippen molar-refractivity contribution in [2.75, 3.05) is 6.61 Å². The summed E-state index contributed by atoms with van der Waals surface area (Å²) in [6.45, 7) is 2.18. The number of aromatic nitrogens is 1. The number of ether oxygens (including phenoxy) is 1. The Morgan fingerprint density at radius 2 is 2.11 bits per heavy atom. The normalized spacial score (nSPS) is 10.6. The number of aromatic amines is 1. The fourth-order valence-electron chi connectivity index (χ4n) is 1.78. The van der Waals surface area contributed by atoms with Gasteiger partial charge in [0.15, 0.2) is 5.88 Å². The number of ketones is 1. The van der Waals surface area contributed by atoms with E-state index in [4.69, 9.17) is 10.5 Å². The monoisotopic (exact) mass is 260 g/mol. The van der Waals surface area contributed by atoms with Gasteiger partial charge in [-0.1, -0.05) is 13.0 Å². The molecule has 0 saturated carbocycles. The van der Waals surface area contributed by atoms with Crippen molar-refractivity contribution in [3.05, 3.63) is 29.8 Å². The summed E-state index contributed by atoms with van der Waals surface area (Å²) in [6, 6.07) is 6.98. The van der Waals surface area contributed by atoms with Crippen molar-refractivity contribution in [1.29, 1.82) is 0 Å². The van der Waals surface area contributed by atoms with Crippen LogP contribution in [0.25, 0.3) is 10.9 Å². The van der Waals surface area contributed by atoms with Crippen molar-refractivity contribution in [2.24, 2.45) is 5.73 Å². The maximum atomic E-state index is 11.2. The van der Waals surface area contributed by atoms with Gasteiger partial charge in [0.2, 0.25) is 5.91 Å². The minimum absolute atomic E-state index is 0.173. The molecule has 1 heterocycles. The molecule has 0 fully saturated rings. The number of amides is 1. The molecule has 0 unspecified atom stereocenters. The predicted octanol–water partition coefficient (Wildman–Crippen LogP) is 2.01. The number of benzene rings is 1. The lowest BCUT2D eigenvalue weighted by Gasteiger charge is -2.01. The van der Waals surface area contributed by atoms with Crippen molar-refractivity contribution in [3.63, 3.8) is 0 Å². The molecule has 0 aliphatic carbocycles. The molecule has 0 aliphatic heterocycles. The summed E-state index contributed by atoms with van der Waals surface area (Å²) in [7, 11) is 0. The topological polar surface area (TPSA) is 85.2 Å². The highest BCUT2D eigenvalue weighted by atomic mass is 16.5. The average Bonchev–Trinajstić information content (AvgIpc) is 2.79. The number of nitrogens with two attached hydrogens (primary N) is 1. The molecular weight excluding hydrogens is 244 g/mol. The van der Waals surface area contributed by atoms with Gasteiger partial charge in [0.25, 0.3) is 0 Å². The molecule has 5 nitrogen and oxygen atoms in total. The van der Waals surface area contributed by atoms with Crippen LogP contribution in [0.15, 0.2) is 24.3 Å². The zero-order valence-corrected chi connectivity index (χ0v) is 10.7. The number of carbonyl (C=O) groups is 2. The minimum atomic E-state index is -0.465. The van der Waals surface area contributed by atoms with E-state index < -0.39 is 5.91 Å². The van der Waals surface area contributed by atoms with E-state index in [2.05, 4.69) is 4.98 Å². The van der Waals surface area contributed by atoms with Crippen LogP contribution < -0.4 is 10.5 Å². The summed E-state index contributed by atoms with van der Waals surface area (Å²) in [6.07, 6.45) is 0.927. The van der Waals surface area contributed by atoms with E-state index in [1.165, 1.54) is 0 Å². The van der Waals surface area contributed by atoms with Gasteiger partial charge < -0.3 is 15.5 Å². The molecule has 0 atom stereocenters. The maximum Gasteiger partial charge on any atom is 0.248 e. The third-order valence-corrected chi connectivity index (χ3v) is 2.92. The van der Waals surface area contributed by atoms with Gasteiger partial charge in [-0.25, -0.2) is 0 Å². The first-order valence-corrected chi connectivity index (χ1v) is 6.17. The van der Waals surface area contributed by atoms with Crippen molar-refractivity contribution >= 4 is 22.6 Å². The molecule has 2 aromatic rings. The van der Waals surface area contributed by atoms with Gasteiger partial charge >= 0.3 is 0 Å². The lowest BCUT2D eigenvalue weighted by molar-refractivity contribution is -0.119. The van der Waals surface area contributed by atoms with Crippen molar-refractivity contribution in [1.82, 2.24) is 4.98 Å². The Balaban J connectivity index is 2.09. The minimum Gasteiger partial charge on any atom is -0.478 e. The number of H-pyrrole nitrogens is 1. The van der Waals surface area contributed by atoms with Crippen LogP contribution in [0.4, 0.5) is 0 Å². The van der Waals surface area contributed by atoms with Crippen LogP contribution in [0.2, 0.25) is 0 Å². The average molecular weight is 260 g/mol. The smallest absolute Gasteiger partial charge is 0.248 e. The van der Waals surface area contributed by atoms with Crippen molar-refractivity contribution in [3.8, 4) is 5.88 Å². The van der Waals surface area contributed by atoms with Gasteiger partial charge in [0, 0.05) is 35.4 Å². The van der Waals surface area contributed by atoms with Gasteiger partial charge in [0.05, 0.1) is 6.61 Å². The van der Waals surface area contributed by atoms with Crippen LogP contribution in [0, 0.1) is 0 Å². The number of rotatable bonds is 6. The van der Waals surface area contributed by atoms with Gasteiger partial charge in [-0.3, -0.25) is 9.59 Å². The largest absolute Gasteiger partial charge is 0.478 e. The molecule has 19 heavy (non-hydrogen) atoms. The molecule has 0 aliphatic rings. The standard InChI is InChI=1S/C14H16N2O3/c1-2-11(17)5-6-19-13-8-9-3-4-10(14(15)18)7-12(9)16-13/h3-4,7-8,16H,2,5-6H2,1H3,(H2,15,18). The van der Waals surface area contributed by atoms with E-state index in [1.54, 1.807) is 18.2 Å². The third kappa shape index (κ3) is 3.13. The number of nitrogens with one attached hydrogen (secondary N) is 1. The second-order valence-electron chi connectivity index (χ2n) is 4.29. The van der Waals surface area contributed by atoms with Gasteiger partial charge in [0.1, 0.15) is 5.78 Å². The van der Waals surface area contributed by atoms with Crippen LogP contribution in [-0.4, -0.2) is 23.3 Å². The van der Waals surface area contributed by atoms with E-state index >= 15 is 0 Å². The number of carbonyl (C=O) groups excluding carboxylic acids is 2. The van der Waals surface area contributed by atoms with E-state index in [9.17, 15) is 9.59 Å². The number of primary amides is 1. The summed E-state index contributed by atoms with van der Waals surface area (Å²) < 4.78 is 5.47. The zero-order valence-electron chi connectivity index (χ0n) is 10.7. The summed E-state index contributed by atoms with van der Waals surface area (Å²) in [5, 5.41) is 0.932. The Morgan fingerprint density at radius 1 is 1.32 bits per heavy atom. The van der Waals surface area contributed by atoms with Crippen molar-refractivity contribution in [2.45, 2.75) is 19.8 Å². The van der Waals surface area contributed by atoms with E-state index in [-0.39, 0.29) is 5.78 Å². The van der Waals surface area contributed by atoms with E-state index in [0.717, 1.165) is 10.9 Å². The van der Waals surface area contributed by atoms with Crippen molar-refractivity contribution < 1.29 is 14.3 Å². The van der Waals surface area contributed by atoms with Crippen LogP contribution in [-0.2, 0) is 4.79 Å². The number of hydrogen-bond acceptors (Lipinski definition) is 3. The zero-order chi connectivity index (χ0) is 13.8. The molecular formula is C14H16N2O3. The first kappa shape index (κ1) is 13.1. The Bertz CT molecular complexity index is 616. The molecule has 2 rings (SSSR count). The second-order valence-corrected chi connectivity index (χ2v) is 4.29. The number of Topliss-reactive ketones (excluding diaryl/α,β-unsaturated/α-hetero) is 1.